The van der Waals surface area contributed by atoms with Crippen molar-refractivity contribution < 1.29 is 97.0 Å². The second-order valence-electron chi connectivity index (χ2n) is 39.5. The van der Waals surface area contributed by atoms with Crippen LogP contribution < -0.4 is 0 Å². The zero-order valence-corrected chi connectivity index (χ0v) is 91.3. The lowest BCUT2D eigenvalue weighted by molar-refractivity contribution is -0.0770. The molecule has 616 valence electrons. The van der Waals surface area contributed by atoms with Gasteiger partial charge in [0.15, 0.2) is 66.5 Å². The fraction of sp³-hybridized carbons (Fsp3) is 1.00. The van der Waals surface area contributed by atoms with Gasteiger partial charge in [0.25, 0.3) is 0 Å². The van der Waals surface area contributed by atoms with E-state index in [0.29, 0.717) is 51.4 Å². The van der Waals surface area contributed by atoms with E-state index in [1.54, 1.807) is 0 Å². The van der Waals surface area contributed by atoms with E-state index in [2.05, 4.69) is 262 Å². The first-order valence-electron chi connectivity index (χ1n) is 37.5. The molecule has 0 aromatic carbocycles. The number of aliphatic hydroxyl groups excluding tert-OH is 4. The van der Waals surface area contributed by atoms with Crippen molar-refractivity contribution in [1.82, 2.24) is 0 Å². The van der Waals surface area contributed by atoms with Gasteiger partial charge in [-0.25, -0.2) is 0 Å². The van der Waals surface area contributed by atoms with Gasteiger partial charge in [-0.2, -0.15) is 0 Å². The first kappa shape index (κ1) is 107. The Morgan fingerprint density at radius 1 is 0.186 bits per heavy atom. The molecule has 0 aliphatic carbocycles. The summed E-state index contributed by atoms with van der Waals surface area (Å²) in [5.74, 6) is 0. The molecule has 0 saturated carbocycles. The summed E-state index contributed by atoms with van der Waals surface area (Å²) < 4.78 is 118. The summed E-state index contributed by atoms with van der Waals surface area (Å²) >= 11 is 0. The molecule has 0 fully saturated rings. The molecule has 4 N–H and O–H groups in total. The van der Waals surface area contributed by atoms with Gasteiger partial charge in [0.2, 0.25) is 0 Å². The lowest BCUT2D eigenvalue weighted by Crippen LogP contribution is -2.59. The molecule has 0 rings (SSSR count). The standard InChI is InChI=1S/C33H88O12Si10.C29H76O10Si8/c1-46(2,3)38-50(13,14)42-54(21,43-51(15,16)39-47(4,5)6)27-23-25-36-31-33(29-34,30-35)32-37-26-24-28-55(22,44-52(17,18)40-48(7,8)9)45-53(19,20)41-49(10,11)12;1-40(2,3)34-44(13,14)38-46(17,36-42(7,8)9)23-19-21-32-27-29(25-30,26-31)28-33-22-20-24-47(18,37-43(10,11)12)39-45(15,16)35-41(4,5)6/h34-35H,23-32H2,1-22H3;30-31H,19-28H2,1-18H3. The molecule has 0 aromatic heterocycles. The average Bonchev–Trinajstić information content (AvgIpc) is 0.844. The van der Waals surface area contributed by atoms with Crippen LogP contribution in [0.15, 0.2) is 0 Å². The van der Waals surface area contributed by atoms with Crippen molar-refractivity contribution in [3.05, 3.63) is 0 Å². The second kappa shape index (κ2) is 42.6. The van der Waals surface area contributed by atoms with Crippen LogP contribution in [0.2, 0.25) is 286 Å². The lowest BCUT2D eigenvalue weighted by atomic mass is 9.92. The van der Waals surface area contributed by atoms with Gasteiger partial charge in [-0.1, -0.05) is 0 Å². The van der Waals surface area contributed by atoms with Crippen molar-refractivity contribution in [1.29, 1.82) is 0 Å². The molecule has 0 amide bonds. The van der Waals surface area contributed by atoms with Gasteiger partial charge in [-0.15, -0.1) is 0 Å². The first-order valence-corrected chi connectivity index (χ1v) is 91.8. The highest BCUT2D eigenvalue weighted by molar-refractivity contribution is 6.93. The normalized spacial score (nSPS) is 16.1. The predicted octanol–water partition coefficient (Wildman–Crippen LogP) is 17.0. The van der Waals surface area contributed by atoms with Crippen LogP contribution in [-0.2, 0) is 76.6 Å². The number of rotatable bonds is 56. The quantitative estimate of drug-likeness (QED) is 0.0326. The SMILES string of the molecule is C[Si](C)(C)O[Si](C)(C)O[Si](C)(CCCOCC(CO)(CO)COCCC[Si](C)(O[Si](C)(C)C)O[Si](C)(C)O[Si](C)(C)C)O[Si](C)(C)C.C[Si](C)(C)O[Si](C)(C)O[Si](C)(CCCOCC(CO)(CO)COCCC[Si](C)(O[Si](C)(C)O[Si](C)(C)C)O[Si](C)(C)O[Si](C)(C)C)O[Si](C)(C)O[Si](C)(C)C. The van der Waals surface area contributed by atoms with E-state index >= 15 is 0 Å². The Bertz CT molecular complexity index is 2120. The van der Waals surface area contributed by atoms with Crippen molar-refractivity contribution in [2.45, 2.75) is 312 Å². The molecule has 0 heterocycles. The molecule has 102 heavy (non-hydrogen) atoms. The molecule has 2 atom stereocenters. The fourth-order valence-corrected chi connectivity index (χ4v) is 95.7. The highest BCUT2D eigenvalue weighted by Gasteiger charge is 2.51. The average molecular weight is 1770 g/mol. The van der Waals surface area contributed by atoms with E-state index in [0.717, 1.165) is 24.9 Å². The third-order valence-electron chi connectivity index (χ3n) is 13.8. The molecule has 0 spiro atoms. The number of ether oxygens (including phenoxy) is 4. The Morgan fingerprint density at radius 2 is 0.314 bits per heavy atom. The minimum Gasteiger partial charge on any atom is -0.437 e. The van der Waals surface area contributed by atoms with Gasteiger partial charge >= 0.3 is 85.6 Å². The summed E-state index contributed by atoms with van der Waals surface area (Å²) in [6.45, 7) is 88.1. The van der Waals surface area contributed by atoms with Crippen molar-refractivity contribution in [2.75, 3.05) is 79.3 Å². The predicted molar refractivity (Wildman–Crippen MR) is 468 cm³/mol. The summed E-state index contributed by atoms with van der Waals surface area (Å²) in [4.78, 5) is 0. The van der Waals surface area contributed by atoms with Crippen LogP contribution in [0.5, 0.6) is 0 Å². The number of hydrogen-bond donors (Lipinski definition) is 4. The topological polar surface area (TPSA) is 247 Å². The van der Waals surface area contributed by atoms with Gasteiger partial charge in [0.05, 0.1) is 63.7 Å². The molecule has 0 bridgehead atoms. The molecular weight excluding hydrogens is 1600 g/mol. The van der Waals surface area contributed by atoms with E-state index in [4.69, 9.17) is 76.6 Å². The Labute approximate surface area is 646 Å². The second-order valence-corrected chi connectivity index (χ2v) is 113. The van der Waals surface area contributed by atoms with Gasteiger partial charge in [-0.05, 0) is 312 Å². The van der Waals surface area contributed by atoms with E-state index in [1.807, 2.05) is 0 Å². The summed E-state index contributed by atoms with van der Waals surface area (Å²) in [5.41, 5.74) is -1.81. The van der Waals surface area contributed by atoms with Gasteiger partial charge in [0.1, 0.15) is 0 Å². The van der Waals surface area contributed by atoms with E-state index in [-0.39, 0.29) is 52.9 Å². The Balaban J connectivity index is 0. The zero-order valence-electron chi connectivity index (χ0n) is 73.3. The van der Waals surface area contributed by atoms with E-state index in [1.165, 1.54) is 0 Å². The maximum atomic E-state index is 10.4. The Hall–Kier alpha value is 3.02. The molecule has 0 aliphatic rings. The van der Waals surface area contributed by atoms with Crippen LogP contribution in [0.4, 0.5) is 0 Å². The maximum Gasteiger partial charge on any atom is 0.317 e. The molecule has 0 aliphatic heterocycles. The third kappa shape index (κ3) is 55.5. The highest BCUT2D eigenvalue weighted by Crippen LogP contribution is 2.35. The smallest absolute Gasteiger partial charge is 0.317 e. The summed E-state index contributed by atoms with van der Waals surface area (Å²) in [6.07, 6.45) is 2.94. The Morgan fingerprint density at radius 3 is 0.431 bits per heavy atom. The van der Waals surface area contributed by atoms with Gasteiger partial charge in [-0.3, -0.25) is 0 Å². The molecule has 22 nitrogen and oxygen atoms in total. The van der Waals surface area contributed by atoms with Crippen LogP contribution in [-0.4, -0.2) is 252 Å². The minimum atomic E-state index is -2.74. The molecule has 2 unspecified atom stereocenters. The van der Waals surface area contributed by atoms with Gasteiger partial charge in [0, 0.05) is 26.4 Å². The molecule has 0 aromatic rings. The van der Waals surface area contributed by atoms with Crippen LogP contribution >= 0.6 is 0 Å². The molecular formula is C62H164O22Si18. The van der Waals surface area contributed by atoms with Crippen LogP contribution in [0, 0.1) is 10.8 Å². The molecule has 40 heteroatoms. The summed E-state index contributed by atoms with van der Waals surface area (Å²) in [5, 5.41) is 41.3. The Kier molecular flexibility index (Phi) is 44.7. The first-order chi connectivity index (χ1) is 45.0. The third-order valence-corrected chi connectivity index (χ3v) is 75.8. The molecule has 0 radical (unpaired) electrons. The lowest BCUT2D eigenvalue weighted by Gasteiger charge is -2.43. The van der Waals surface area contributed by atoms with E-state index < -0.39 is 163 Å². The van der Waals surface area contributed by atoms with Crippen molar-refractivity contribution in [3.63, 3.8) is 0 Å². The van der Waals surface area contributed by atoms with Crippen LogP contribution in [0.1, 0.15) is 25.7 Å². The van der Waals surface area contributed by atoms with Crippen LogP contribution in [0.25, 0.3) is 0 Å². The number of hydrogen-bond acceptors (Lipinski definition) is 22. The van der Waals surface area contributed by atoms with Crippen molar-refractivity contribution >= 4 is 152 Å². The minimum absolute atomic E-state index is 0.165. The maximum absolute atomic E-state index is 10.4. The zero-order chi connectivity index (χ0) is 80.9. The largest absolute Gasteiger partial charge is 0.437 e. The van der Waals surface area contributed by atoms with Gasteiger partial charge < -0.3 is 97.0 Å². The van der Waals surface area contributed by atoms with E-state index in [9.17, 15) is 20.4 Å². The highest BCUT2D eigenvalue weighted by atomic mass is 28.5. The van der Waals surface area contributed by atoms with Crippen molar-refractivity contribution in [3.8, 4) is 0 Å². The monoisotopic (exact) mass is 1760 g/mol. The number of aliphatic hydroxyl groups is 4. The van der Waals surface area contributed by atoms with Crippen molar-refractivity contribution in [2.24, 2.45) is 10.8 Å². The fourth-order valence-electron chi connectivity index (χ4n) is 13.1. The summed E-state index contributed by atoms with van der Waals surface area (Å²) in [6, 6.07) is 3.00. The molecule has 0 saturated heterocycles. The van der Waals surface area contributed by atoms with Crippen LogP contribution in [0.3, 0.4) is 0 Å². The summed E-state index contributed by atoms with van der Waals surface area (Å²) in [7, 11) is -39.8.